The number of aromatic hydroxyl groups is 1. The number of rotatable bonds is 5. The lowest BCUT2D eigenvalue weighted by molar-refractivity contribution is 0.122. The monoisotopic (exact) mass is 347 g/mol. The van der Waals surface area contributed by atoms with Crippen LogP contribution in [-0.2, 0) is 4.74 Å². The Labute approximate surface area is 143 Å². The highest BCUT2D eigenvalue weighted by Gasteiger charge is 2.17. The van der Waals surface area contributed by atoms with Gasteiger partial charge in [-0.1, -0.05) is 6.07 Å². The number of hydrazone groups is 1. The lowest BCUT2D eigenvalue weighted by Gasteiger charge is -2.27. The van der Waals surface area contributed by atoms with Crippen molar-refractivity contribution in [1.82, 2.24) is 9.97 Å². The Balaban J connectivity index is 1.73. The van der Waals surface area contributed by atoms with Gasteiger partial charge in [-0.15, -0.1) is 0 Å². The highest BCUT2D eigenvalue weighted by molar-refractivity contribution is 5.85. The Hall–Kier alpha value is -2.94. The Morgan fingerprint density at radius 1 is 1.40 bits per heavy atom. The summed E-state index contributed by atoms with van der Waals surface area (Å²) in [6, 6.07) is 5.04. The molecule has 1 aromatic carbocycles. The number of methoxy groups -OCH3 is 1. The minimum Gasteiger partial charge on any atom is -0.504 e. The van der Waals surface area contributed by atoms with Crippen molar-refractivity contribution < 1.29 is 19.0 Å². The van der Waals surface area contributed by atoms with E-state index in [1.54, 1.807) is 23.1 Å². The predicted molar refractivity (Wildman–Crippen MR) is 90.9 cm³/mol. The molecule has 1 aromatic heterocycles. The van der Waals surface area contributed by atoms with Crippen LogP contribution in [0.15, 0.2) is 29.5 Å². The van der Waals surface area contributed by atoms with Crippen molar-refractivity contribution in [3.63, 3.8) is 0 Å². The molecule has 132 valence electrons. The zero-order valence-electron chi connectivity index (χ0n) is 13.6. The van der Waals surface area contributed by atoms with Crippen molar-refractivity contribution >= 4 is 18.0 Å². The number of hydrogen-bond donors (Lipinski definition) is 2. The molecule has 1 aliphatic rings. The quantitative estimate of drug-likeness (QED) is 0.627. The molecule has 8 nitrogen and oxygen atoms in total. The molecule has 0 atom stereocenters. The smallest absolute Gasteiger partial charge is 0.245 e. The van der Waals surface area contributed by atoms with Crippen LogP contribution in [0, 0.1) is 5.82 Å². The molecule has 1 aliphatic heterocycles. The molecular weight excluding hydrogens is 329 g/mol. The molecule has 0 spiro atoms. The van der Waals surface area contributed by atoms with E-state index in [4.69, 9.17) is 9.47 Å². The van der Waals surface area contributed by atoms with E-state index in [1.165, 1.54) is 13.3 Å². The standard InChI is InChI=1S/C16H18FN5O3/c1-24-13-4-2-3-11(14(13)23)9-19-21-16-18-10-12(17)15(20-16)22-5-7-25-8-6-22/h2-4,9-10,23H,5-8H2,1H3,(H,18,20,21)/b19-9+. The fourth-order valence-corrected chi connectivity index (χ4v) is 2.38. The SMILES string of the molecule is COc1cccc(/C=N/Nc2ncc(F)c(N3CCOCC3)n2)c1O. The van der Waals surface area contributed by atoms with Crippen LogP contribution in [-0.4, -0.2) is 54.7 Å². The summed E-state index contributed by atoms with van der Waals surface area (Å²) in [5.74, 6) is 0.185. The minimum absolute atomic E-state index is 0.0235. The van der Waals surface area contributed by atoms with Gasteiger partial charge in [0.05, 0.1) is 32.7 Å². The van der Waals surface area contributed by atoms with Crippen molar-refractivity contribution in [2.75, 3.05) is 43.7 Å². The normalized spacial score (nSPS) is 14.7. The number of hydrogen-bond acceptors (Lipinski definition) is 8. The van der Waals surface area contributed by atoms with E-state index in [2.05, 4.69) is 20.5 Å². The molecule has 0 saturated carbocycles. The molecule has 1 fully saturated rings. The van der Waals surface area contributed by atoms with Gasteiger partial charge in [0.15, 0.2) is 23.1 Å². The molecule has 9 heteroatoms. The lowest BCUT2D eigenvalue weighted by atomic mass is 10.2. The highest BCUT2D eigenvalue weighted by Crippen LogP contribution is 2.28. The molecule has 1 saturated heterocycles. The van der Waals surface area contributed by atoms with Gasteiger partial charge in [0, 0.05) is 18.7 Å². The van der Waals surface area contributed by atoms with Gasteiger partial charge in [0.2, 0.25) is 5.95 Å². The second kappa shape index (κ2) is 7.75. The fraction of sp³-hybridized carbons (Fsp3) is 0.312. The first kappa shape index (κ1) is 16.9. The molecule has 2 heterocycles. The summed E-state index contributed by atoms with van der Waals surface area (Å²) in [7, 11) is 1.47. The molecule has 2 N–H and O–H groups in total. The molecule has 0 radical (unpaired) electrons. The number of phenols is 1. The summed E-state index contributed by atoms with van der Waals surface area (Å²) in [5, 5.41) is 14.0. The van der Waals surface area contributed by atoms with Crippen LogP contribution >= 0.6 is 0 Å². The Kier molecular flexibility index (Phi) is 5.24. The summed E-state index contributed by atoms with van der Waals surface area (Å²) in [5.41, 5.74) is 3.10. The minimum atomic E-state index is -0.498. The van der Waals surface area contributed by atoms with Gasteiger partial charge in [-0.05, 0) is 12.1 Å². The van der Waals surface area contributed by atoms with Crippen LogP contribution in [0.5, 0.6) is 11.5 Å². The van der Waals surface area contributed by atoms with Crippen molar-refractivity contribution in [3.05, 3.63) is 35.8 Å². The predicted octanol–water partition coefficient (Wildman–Crippen LogP) is 1.61. The topological polar surface area (TPSA) is 92.1 Å². The molecule has 3 rings (SSSR count). The van der Waals surface area contributed by atoms with Crippen LogP contribution in [0.4, 0.5) is 16.2 Å². The number of phenolic OH excluding ortho intramolecular Hbond substituents is 1. The van der Waals surface area contributed by atoms with Gasteiger partial charge in [-0.2, -0.15) is 10.1 Å². The van der Waals surface area contributed by atoms with Crippen LogP contribution < -0.4 is 15.1 Å². The largest absolute Gasteiger partial charge is 0.504 e. The first-order chi connectivity index (χ1) is 12.2. The fourth-order valence-electron chi connectivity index (χ4n) is 2.38. The van der Waals surface area contributed by atoms with Crippen molar-refractivity contribution in [2.24, 2.45) is 5.10 Å². The number of nitrogens with zero attached hydrogens (tertiary/aromatic N) is 4. The van der Waals surface area contributed by atoms with Crippen molar-refractivity contribution in [2.45, 2.75) is 0 Å². The zero-order chi connectivity index (χ0) is 17.6. The summed E-state index contributed by atoms with van der Waals surface area (Å²) in [4.78, 5) is 9.82. The number of anilines is 2. The lowest BCUT2D eigenvalue weighted by Crippen LogP contribution is -2.37. The van der Waals surface area contributed by atoms with E-state index >= 15 is 0 Å². The number of morpholine rings is 1. The van der Waals surface area contributed by atoms with Crippen LogP contribution in [0.25, 0.3) is 0 Å². The average Bonchev–Trinajstić information content (AvgIpc) is 2.65. The maximum atomic E-state index is 14.0. The number of para-hydroxylation sites is 1. The third kappa shape index (κ3) is 3.94. The number of nitrogens with one attached hydrogen (secondary N) is 1. The van der Waals surface area contributed by atoms with Crippen LogP contribution in [0.2, 0.25) is 0 Å². The van der Waals surface area contributed by atoms with Crippen molar-refractivity contribution in [1.29, 1.82) is 0 Å². The molecule has 0 unspecified atom stereocenters. The van der Waals surface area contributed by atoms with E-state index in [9.17, 15) is 9.50 Å². The number of ether oxygens (including phenoxy) is 2. The second-order valence-corrected chi connectivity index (χ2v) is 5.23. The molecule has 0 bridgehead atoms. The number of benzene rings is 1. The second-order valence-electron chi connectivity index (χ2n) is 5.23. The molecular formula is C16H18FN5O3. The van der Waals surface area contributed by atoms with E-state index in [0.717, 1.165) is 6.20 Å². The van der Waals surface area contributed by atoms with Crippen LogP contribution in [0.1, 0.15) is 5.56 Å². The first-order valence-electron chi connectivity index (χ1n) is 7.69. The molecule has 0 amide bonds. The van der Waals surface area contributed by atoms with Crippen LogP contribution in [0.3, 0.4) is 0 Å². The van der Waals surface area contributed by atoms with Gasteiger partial charge in [0.1, 0.15) is 0 Å². The van der Waals surface area contributed by atoms with Gasteiger partial charge >= 0.3 is 0 Å². The molecule has 25 heavy (non-hydrogen) atoms. The first-order valence-corrected chi connectivity index (χ1v) is 7.69. The molecule has 0 aliphatic carbocycles. The molecule has 2 aromatic rings. The van der Waals surface area contributed by atoms with Gasteiger partial charge < -0.3 is 19.5 Å². The number of halogens is 1. The van der Waals surface area contributed by atoms with Gasteiger partial charge in [-0.3, -0.25) is 0 Å². The Morgan fingerprint density at radius 2 is 2.20 bits per heavy atom. The maximum Gasteiger partial charge on any atom is 0.245 e. The third-order valence-electron chi connectivity index (χ3n) is 3.65. The zero-order valence-corrected chi connectivity index (χ0v) is 13.6. The Morgan fingerprint density at radius 3 is 2.96 bits per heavy atom. The highest BCUT2D eigenvalue weighted by atomic mass is 19.1. The van der Waals surface area contributed by atoms with E-state index in [1.807, 2.05) is 0 Å². The summed E-state index contributed by atoms with van der Waals surface area (Å²) >= 11 is 0. The van der Waals surface area contributed by atoms with E-state index in [-0.39, 0.29) is 17.5 Å². The van der Waals surface area contributed by atoms with E-state index in [0.29, 0.717) is 37.6 Å². The Bertz CT molecular complexity index is 765. The van der Waals surface area contributed by atoms with Crippen molar-refractivity contribution in [3.8, 4) is 11.5 Å². The van der Waals surface area contributed by atoms with E-state index < -0.39 is 5.82 Å². The number of aromatic nitrogens is 2. The third-order valence-corrected chi connectivity index (χ3v) is 3.65. The summed E-state index contributed by atoms with van der Waals surface area (Å²) < 4.78 is 24.2. The summed E-state index contributed by atoms with van der Waals surface area (Å²) in [6.45, 7) is 2.18. The van der Waals surface area contributed by atoms with Gasteiger partial charge in [-0.25, -0.2) is 14.8 Å². The average molecular weight is 347 g/mol. The van der Waals surface area contributed by atoms with Gasteiger partial charge in [0.25, 0.3) is 0 Å². The maximum absolute atomic E-state index is 14.0. The summed E-state index contributed by atoms with van der Waals surface area (Å²) in [6.07, 6.45) is 2.50.